The van der Waals surface area contributed by atoms with Gasteiger partial charge in [0.05, 0.1) is 19.1 Å². The van der Waals surface area contributed by atoms with Crippen LogP contribution in [0.2, 0.25) is 0 Å². The van der Waals surface area contributed by atoms with Crippen LogP contribution in [0.15, 0.2) is 30.3 Å². The van der Waals surface area contributed by atoms with Crippen molar-refractivity contribution in [2.24, 2.45) is 11.7 Å². The minimum absolute atomic E-state index is 0.0397. The highest BCUT2D eigenvalue weighted by atomic mass is 16.5. The van der Waals surface area contributed by atoms with Crippen LogP contribution >= 0.6 is 0 Å². The summed E-state index contributed by atoms with van der Waals surface area (Å²) in [6, 6.07) is 9.23. The van der Waals surface area contributed by atoms with E-state index < -0.39 is 6.04 Å². The predicted molar refractivity (Wildman–Crippen MR) is 79.4 cm³/mol. The van der Waals surface area contributed by atoms with Gasteiger partial charge in [-0.3, -0.25) is 9.59 Å². The van der Waals surface area contributed by atoms with E-state index in [1.165, 1.54) is 7.11 Å². The summed E-state index contributed by atoms with van der Waals surface area (Å²) in [7, 11) is 1.40. The Morgan fingerprint density at radius 3 is 2.48 bits per heavy atom. The molecule has 2 N–H and O–H groups in total. The number of hydrogen-bond acceptors (Lipinski definition) is 4. The number of hydrogen-bond donors (Lipinski definition) is 1. The Balaban J connectivity index is 1.85. The molecule has 0 aliphatic carbocycles. The molecule has 1 aliphatic rings. The molecule has 114 valence electrons. The van der Waals surface area contributed by atoms with Crippen molar-refractivity contribution in [3.05, 3.63) is 35.9 Å². The Labute approximate surface area is 125 Å². The summed E-state index contributed by atoms with van der Waals surface area (Å²) in [5.41, 5.74) is 7.08. The largest absolute Gasteiger partial charge is 0.469 e. The number of nitrogens with zero attached hydrogens (tertiary/aromatic N) is 1. The second kappa shape index (κ2) is 7.22. The highest BCUT2D eigenvalue weighted by Crippen LogP contribution is 2.19. The van der Waals surface area contributed by atoms with Crippen LogP contribution in [0.25, 0.3) is 0 Å². The van der Waals surface area contributed by atoms with E-state index in [0.717, 1.165) is 5.56 Å². The molecule has 21 heavy (non-hydrogen) atoms. The summed E-state index contributed by atoms with van der Waals surface area (Å²) in [5.74, 6) is -0.317. The number of piperidine rings is 1. The first-order chi connectivity index (χ1) is 10.1. The molecule has 1 heterocycles. The van der Waals surface area contributed by atoms with Gasteiger partial charge >= 0.3 is 5.97 Å². The van der Waals surface area contributed by atoms with Crippen molar-refractivity contribution in [1.82, 2.24) is 4.90 Å². The summed E-state index contributed by atoms with van der Waals surface area (Å²) < 4.78 is 4.74. The molecule has 1 aromatic rings. The van der Waals surface area contributed by atoms with Crippen molar-refractivity contribution in [3.63, 3.8) is 0 Å². The maximum Gasteiger partial charge on any atom is 0.308 e. The first-order valence-electron chi connectivity index (χ1n) is 7.28. The van der Waals surface area contributed by atoms with Crippen LogP contribution in [0.3, 0.4) is 0 Å². The summed E-state index contributed by atoms with van der Waals surface area (Å²) in [5, 5.41) is 0. The third-order valence-corrected chi connectivity index (χ3v) is 3.96. The lowest BCUT2D eigenvalue weighted by molar-refractivity contribution is -0.149. The number of likely N-dealkylation sites (tertiary alicyclic amines) is 1. The van der Waals surface area contributed by atoms with Crippen molar-refractivity contribution >= 4 is 11.9 Å². The number of amides is 1. The van der Waals surface area contributed by atoms with E-state index >= 15 is 0 Å². The number of ether oxygens (including phenoxy) is 1. The zero-order chi connectivity index (χ0) is 15.2. The average Bonchev–Trinajstić information content (AvgIpc) is 2.54. The molecule has 2 rings (SSSR count). The Morgan fingerprint density at radius 1 is 1.29 bits per heavy atom. The summed E-state index contributed by atoms with van der Waals surface area (Å²) in [6.07, 6.45) is 1.84. The third kappa shape index (κ3) is 4.04. The van der Waals surface area contributed by atoms with Gasteiger partial charge in [0, 0.05) is 13.1 Å². The Bertz CT molecular complexity index is 482. The van der Waals surface area contributed by atoms with Gasteiger partial charge in [-0.25, -0.2) is 0 Å². The van der Waals surface area contributed by atoms with Gasteiger partial charge in [-0.15, -0.1) is 0 Å². The maximum atomic E-state index is 12.3. The van der Waals surface area contributed by atoms with Crippen molar-refractivity contribution in [1.29, 1.82) is 0 Å². The molecule has 0 unspecified atom stereocenters. The second-order valence-electron chi connectivity index (χ2n) is 5.42. The highest BCUT2D eigenvalue weighted by Gasteiger charge is 2.29. The fraction of sp³-hybridized carbons (Fsp3) is 0.500. The van der Waals surface area contributed by atoms with Crippen LogP contribution in [-0.4, -0.2) is 43.0 Å². The Kier molecular flexibility index (Phi) is 5.33. The van der Waals surface area contributed by atoms with Crippen molar-refractivity contribution < 1.29 is 14.3 Å². The van der Waals surface area contributed by atoms with Gasteiger partial charge in [0.1, 0.15) is 0 Å². The molecule has 0 spiro atoms. The molecule has 0 saturated carbocycles. The average molecular weight is 290 g/mol. The molecule has 1 atom stereocenters. The third-order valence-electron chi connectivity index (χ3n) is 3.96. The maximum absolute atomic E-state index is 12.3. The highest BCUT2D eigenvalue weighted by molar-refractivity contribution is 5.82. The lowest BCUT2D eigenvalue weighted by atomic mass is 9.96. The monoisotopic (exact) mass is 290 g/mol. The topological polar surface area (TPSA) is 72.6 Å². The first kappa shape index (κ1) is 15.5. The number of methoxy groups -OCH3 is 1. The zero-order valence-corrected chi connectivity index (χ0v) is 12.3. The van der Waals surface area contributed by atoms with Gasteiger partial charge in [-0.05, 0) is 24.8 Å². The summed E-state index contributed by atoms with van der Waals surface area (Å²) in [4.78, 5) is 25.6. The molecule has 1 aromatic carbocycles. The van der Waals surface area contributed by atoms with Crippen molar-refractivity contribution in [3.8, 4) is 0 Å². The van der Waals surface area contributed by atoms with Crippen LogP contribution < -0.4 is 5.73 Å². The van der Waals surface area contributed by atoms with E-state index in [-0.39, 0.29) is 17.8 Å². The quantitative estimate of drug-likeness (QED) is 0.839. The van der Waals surface area contributed by atoms with Gasteiger partial charge in [-0.1, -0.05) is 30.3 Å². The van der Waals surface area contributed by atoms with Crippen LogP contribution in [0.4, 0.5) is 0 Å². The number of rotatable bonds is 4. The molecule has 1 aliphatic heterocycles. The molecular formula is C16H22N2O3. The molecular weight excluding hydrogens is 268 g/mol. The number of carbonyl (C=O) groups excluding carboxylic acids is 2. The molecule has 0 radical (unpaired) electrons. The SMILES string of the molecule is COC(=O)C1CCN(C(=O)[C@@H](N)Cc2ccccc2)CC1. The van der Waals surface area contributed by atoms with E-state index in [1.807, 2.05) is 30.3 Å². The van der Waals surface area contributed by atoms with Crippen LogP contribution in [0, 0.1) is 5.92 Å². The minimum Gasteiger partial charge on any atom is -0.469 e. The van der Waals surface area contributed by atoms with Crippen LogP contribution in [-0.2, 0) is 20.7 Å². The molecule has 5 nitrogen and oxygen atoms in total. The molecule has 0 aromatic heterocycles. The number of carbonyl (C=O) groups is 2. The smallest absolute Gasteiger partial charge is 0.308 e. The molecule has 1 amide bonds. The van der Waals surface area contributed by atoms with Gasteiger partial charge in [0.2, 0.25) is 5.91 Å². The molecule has 0 bridgehead atoms. The molecule has 1 fully saturated rings. The predicted octanol–water partition coefficient (Wildman–Crippen LogP) is 0.968. The van der Waals surface area contributed by atoms with E-state index in [2.05, 4.69) is 0 Å². The lowest BCUT2D eigenvalue weighted by Crippen LogP contribution is -2.48. The van der Waals surface area contributed by atoms with E-state index in [9.17, 15) is 9.59 Å². The van der Waals surface area contributed by atoms with Crippen molar-refractivity contribution in [2.75, 3.05) is 20.2 Å². The summed E-state index contributed by atoms with van der Waals surface area (Å²) in [6.45, 7) is 1.14. The standard InChI is InChI=1S/C16H22N2O3/c1-21-16(20)13-7-9-18(10-8-13)15(19)14(17)11-12-5-3-2-4-6-12/h2-6,13-14H,7-11,17H2,1H3/t14-/m0/s1. The first-order valence-corrected chi connectivity index (χ1v) is 7.28. The van der Waals surface area contributed by atoms with E-state index in [4.69, 9.17) is 10.5 Å². The Morgan fingerprint density at radius 2 is 1.90 bits per heavy atom. The number of nitrogens with two attached hydrogens (primary N) is 1. The Hall–Kier alpha value is -1.88. The lowest BCUT2D eigenvalue weighted by Gasteiger charge is -2.32. The van der Waals surface area contributed by atoms with Gasteiger partial charge < -0.3 is 15.4 Å². The van der Waals surface area contributed by atoms with Crippen LogP contribution in [0.5, 0.6) is 0 Å². The molecule has 1 saturated heterocycles. The fourth-order valence-electron chi connectivity index (χ4n) is 2.69. The van der Waals surface area contributed by atoms with Crippen molar-refractivity contribution in [2.45, 2.75) is 25.3 Å². The summed E-state index contributed by atoms with van der Waals surface area (Å²) >= 11 is 0. The normalized spacial score (nSPS) is 17.3. The fourth-order valence-corrected chi connectivity index (χ4v) is 2.69. The molecule has 5 heteroatoms. The van der Waals surface area contributed by atoms with E-state index in [0.29, 0.717) is 32.4 Å². The van der Waals surface area contributed by atoms with Gasteiger partial charge in [0.15, 0.2) is 0 Å². The van der Waals surface area contributed by atoms with Gasteiger partial charge in [-0.2, -0.15) is 0 Å². The number of benzene rings is 1. The van der Waals surface area contributed by atoms with Crippen LogP contribution in [0.1, 0.15) is 18.4 Å². The second-order valence-corrected chi connectivity index (χ2v) is 5.42. The number of esters is 1. The zero-order valence-electron chi connectivity index (χ0n) is 12.3. The van der Waals surface area contributed by atoms with Gasteiger partial charge in [0.25, 0.3) is 0 Å². The van der Waals surface area contributed by atoms with E-state index in [1.54, 1.807) is 4.90 Å². The minimum atomic E-state index is -0.526.